The maximum absolute atomic E-state index is 10.3. The summed E-state index contributed by atoms with van der Waals surface area (Å²) in [6, 6.07) is 8.90. The first-order valence-electron chi connectivity index (χ1n) is 10.5. The topological polar surface area (TPSA) is 117 Å². The number of halogens is 2. The number of aromatic nitrogens is 3. The molecular formula is C22H23BrClN7O3. The van der Waals surface area contributed by atoms with Gasteiger partial charge in [-0.3, -0.25) is 0 Å². The molecule has 0 radical (unpaired) electrons. The molecule has 0 unspecified atom stereocenters. The molecule has 3 aromatic rings. The fourth-order valence-electron chi connectivity index (χ4n) is 3.26. The van der Waals surface area contributed by atoms with Crippen LogP contribution >= 0.6 is 27.5 Å². The van der Waals surface area contributed by atoms with Gasteiger partial charge in [0, 0.05) is 28.1 Å². The van der Waals surface area contributed by atoms with Crippen LogP contribution < -0.4 is 15.0 Å². The van der Waals surface area contributed by atoms with Crippen molar-refractivity contribution in [2.24, 2.45) is 10.2 Å². The van der Waals surface area contributed by atoms with Gasteiger partial charge in [-0.2, -0.15) is 20.1 Å². The van der Waals surface area contributed by atoms with Gasteiger partial charge in [0.2, 0.25) is 11.9 Å². The normalized spacial score (nSPS) is 13.9. The molecule has 0 atom stereocenters. The molecule has 4 rings (SSSR count). The molecule has 1 fully saturated rings. The molecule has 12 heteroatoms. The Hall–Kier alpha value is -3.02. The first-order chi connectivity index (χ1) is 16.4. The first-order valence-corrected chi connectivity index (χ1v) is 11.7. The number of anilines is 3. The molecule has 2 heterocycles. The zero-order valence-electron chi connectivity index (χ0n) is 18.6. The second kappa shape index (κ2) is 10.9. The Morgan fingerprint density at radius 1 is 1.24 bits per heavy atom. The van der Waals surface area contributed by atoms with Crippen molar-refractivity contribution in [3.63, 3.8) is 0 Å². The lowest BCUT2D eigenvalue weighted by Crippen LogP contribution is -2.37. The number of methoxy groups -OCH3 is 1. The van der Waals surface area contributed by atoms with E-state index in [0.717, 1.165) is 10.0 Å². The molecule has 0 bridgehead atoms. The number of hydrogen-bond acceptors (Lipinski definition) is 10. The van der Waals surface area contributed by atoms with E-state index in [-0.39, 0.29) is 18.2 Å². The lowest BCUT2D eigenvalue weighted by molar-refractivity contribution is 0.122. The molecule has 0 saturated carbocycles. The quantitative estimate of drug-likeness (QED) is 0.388. The summed E-state index contributed by atoms with van der Waals surface area (Å²) in [6.45, 7) is 4.52. The number of azo groups is 1. The van der Waals surface area contributed by atoms with Gasteiger partial charge in [0.15, 0.2) is 11.5 Å². The van der Waals surface area contributed by atoms with E-state index in [1.54, 1.807) is 24.3 Å². The lowest BCUT2D eigenvalue weighted by Gasteiger charge is -2.26. The van der Waals surface area contributed by atoms with Crippen molar-refractivity contribution in [1.29, 1.82) is 0 Å². The number of aryl methyl sites for hydroxylation is 1. The minimum atomic E-state index is 0.0251. The molecule has 0 amide bonds. The summed E-state index contributed by atoms with van der Waals surface area (Å²) in [5.41, 5.74) is 2.22. The average molecular weight is 549 g/mol. The summed E-state index contributed by atoms with van der Waals surface area (Å²) in [5.74, 6) is 1.30. The Bertz CT molecular complexity index is 1210. The Labute approximate surface area is 210 Å². The van der Waals surface area contributed by atoms with Crippen LogP contribution in [-0.4, -0.2) is 53.5 Å². The standard InChI is InChI=1S/C22H23BrClN7O3/c1-13-10-15(23)17(11-16(13)24)26-20-27-21(29-22(28-20)31-6-8-34-9-7-31)30-25-12-14-4-3-5-18(33-2)19(14)32/h3-5,10-11,32H,6-9,12H2,1-2H3,(H,26,27,28,29). The third-order valence-corrected chi connectivity index (χ3v) is 6.17. The molecule has 34 heavy (non-hydrogen) atoms. The van der Waals surface area contributed by atoms with Crippen LogP contribution in [0.4, 0.5) is 23.5 Å². The SMILES string of the molecule is COc1cccc(CN=Nc2nc(Nc3cc(Cl)c(C)cc3Br)nc(N3CCOCC3)n2)c1O. The molecular weight excluding hydrogens is 526 g/mol. The third kappa shape index (κ3) is 5.72. The highest BCUT2D eigenvalue weighted by Crippen LogP contribution is 2.32. The summed E-state index contributed by atoms with van der Waals surface area (Å²) in [7, 11) is 1.49. The number of rotatable bonds is 7. The van der Waals surface area contributed by atoms with Crippen LogP contribution in [0.1, 0.15) is 11.1 Å². The molecule has 1 aromatic heterocycles. The molecule has 2 N–H and O–H groups in total. The molecule has 178 valence electrons. The largest absolute Gasteiger partial charge is 0.504 e. The van der Waals surface area contributed by atoms with Crippen LogP contribution in [0.3, 0.4) is 0 Å². The Morgan fingerprint density at radius 3 is 2.79 bits per heavy atom. The summed E-state index contributed by atoms with van der Waals surface area (Å²) >= 11 is 9.84. The zero-order valence-corrected chi connectivity index (χ0v) is 21.0. The van der Waals surface area contributed by atoms with Gasteiger partial charge in [0.25, 0.3) is 5.95 Å². The Kier molecular flexibility index (Phi) is 7.76. The van der Waals surface area contributed by atoms with Crippen LogP contribution in [-0.2, 0) is 11.3 Å². The van der Waals surface area contributed by atoms with Crippen molar-refractivity contribution in [3.05, 3.63) is 51.0 Å². The van der Waals surface area contributed by atoms with Crippen LogP contribution in [0.15, 0.2) is 45.0 Å². The second-order valence-electron chi connectivity index (χ2n) is 7.43. The predicted molar refractivity (Wildman–Crippen MR) is 133 cm³/mol. The highest BCUT2D eigenvalue weighted by Gasteiger charge is 2.17. The van der Waals surface area contributed by atoms with Crippen LogP contribution in [0, 0.1) is 6.92 Å². The molecule has 0 spiro atoms. The van der Waals surface area contributed by atoms with E-state index in [2.05, 4.69) is 46.4 Å². The minimum Gasteiger partial charge on any atom is -0.504 e. The van der Waals surface area contributed by atoms with Crippen molar-refractivity contribution >= 4 is 51.1 Å². The molecule has 1 saturated heterocycles. The van der Waals surface area contributed by atoms with Crippen molar-refractivity contribution in [1.82, 2.24) is 15.0 Å². The highest BCUT2D eigenvalue weighted by molar-refractivity contribution is 9.10. The fraction of sp³-hybridized carbons (Fsp3) is 0.318. The number of morpholine rings is 1. The monoisotopic (exact) mass is 547 g/mol. The number of hydrogen-bond donors (Lipinski definition) is 2. The van der Waals surface area contributed by atoms with Gasteiger partial charge < -0.3 is 24.8 Å². The summed E-state index contributed by atoms with van der Waals surface area (Å²) in [4.78, 5) is 15.4. The second-order valence-corrected chi connectivity index (χ2v) is 8.69. The van der Waals surface area contributed by atoms with Crippen molar-refractivity contribution < 1.29 is 14.6 Å². The van der Waals surface area contributed by atoms with Gasteiger partial charge in [0.05, 0.1) is 32.6 Å². The van der Waals surface area contributed by atoms with Crippen molar-refractivity contribution in [3.8, 4) is 11.5 Å². The number of nitrogens with one attached hydrogen (secondary N) is 1. The number of nitrogens with zero attached hydrogens (tertiary/aromatic N) is 6. The van der Waals surface area contributed by atoms with Crippen molar-refractivity contribution in [2.45, 2.75) is 13.5 Å². The van der Waals surface area contributed by atoms with Crippen LogP contribution in [0.25, 0.3) is 0 Å². The number of aromatic hydroxyl groups is 1. The van der Waals surface area contributed by atoms with Gasteiger partial charge in [-0.25, -0.2) is 0 Å². The van der Waals surface area contributed by atoms with E-state index in [4.69, 9.17) is 21.1 Å². The average Bonchev–Trinajstić information content (AvgIpc) is 2.84. The summed E-state index contributed by atoms with van der Waals surface area (Å²) < 4.78 is 11.4. The van der Waals surface area contributed by atoms with Crippen LogP contribution in [0.2, 0.25) is 5.02 Å². The van der Waals surface area contributed by atoms with Gasteiger partial charge >= 0.3 is 0 Å². The first kappa shape index (κ1) is 24.1. The molecule has 2 aromatic carbocycles. The van der Waals surface area contributed by atoms with Gasteiger partial charge in [0.1, 0.15) is 0 Å². The summed E-state index contributed by atoms with van der Waals surface area (Å²) in [5, 5.41) is 22.4. The maximum Gasteiger partial charge on any atom is 0.275 e. The minimum absolute atomic E-state index is 0.0251. The Balaban J connectivity index is 1.62. The third-order valence-electron chi connectivity index (χ3n) is 5.10. The molecule has 1 aliphatic heterocycles. The highest BCUT2D eigenvalue weighted by atomic mass is 79.9. The number of phenolic OH excluding ortho intramolecular Hbond substituents is 1. The van der Waals surface area contributed by atoms with E-state index < -0.39 is 0 Å². The number of benzene rings is 2. The number of para-hydroxylation sites is 1. The smallest absolute Gasteiger partial charge is 0.275 e. The van der Waals surface area contributed by atoms with E-state index >= 15 is 0 Å². The van der Waals surface area contributed by atoms with E-state index in [1.807, 2.05) is 17.9 Å². The van der Waals surface area contributed by atoms with Gasteiger partial charge in [-0.1, -0.05) is 23.7 Å². The molecule has 0 aliphatic carbocycles. The van der Waals surface area contributed by atoms with Crippen molar-refractivity contribution in [2.75, 3.05) is 43.6 Å². The van der Waals surface area contributed by atoms with E-state index in [1.165, 1.54) is 7.11 Å². The van der Waals surface area contributed by atoms with Crippen LogP contribution in [0.5, 0.6) is 11.5 Å². The van der Waals surface area contributed by atoms with Gasteiger partial charge in [-0.15, -0.1) is 5.11 Å². The fourth-order valence-corrected chi connectivity index (χ4v) is 3.98. The molecule has 1 aliphatic rings. The van der Waals surface area contributed by atoms with Gasteiger partial charge in [-0.05, 0) is 46.6 Å². The predicted octanol–water partition coefficient (Wildman–Crippen LogP) is 5.17. The Morgan fingerprint density at radius 2 is 2.03 bits per heavy atom. The zero-order chi connectivity index (χ0) is 24.1. The van der Waals surface area contributed by atoms with E-state index in [9.17, 15) is 5.11 Å². The maximum atomic E-state index is 10.3. The lowest BCUT2D eigenvalue weighted by atomic mass is 10.2. The van der Waals surface area contributed by atoms with E-state index in [0.29, 0.717) is 60.2 Å². The molecule has 10 nitrogen and oxygen atoms in total. The number of phenols is 1. The summed E-state index contributed by atoms with van der Waals surface area (Å²) in [6.07, 6.45) is 0. The number of ether oxygens (including phenoxy) is 2.